The quantitative estimate of drug-likeness (QED) is 0.777. The lowest BCUT2D eigenvalue weighted by atomic mass is 10.1. The summed E-state index contributed by atoms with van der Waals surface area (Å²) in [6.07, 6.45) is 7.64. The lowest BCUT2D eigenvalue weighted by molar-refractivity contribution is -0.121. The molecule has 0 radical (unpaired) electrons. The highest BCUT2D eigenvalue weighted by Gasteiger charge is 2.09. The van der Waals surface area contributed by atoms with Crippen molar-refractivity contribution in [1.29, 1.82) is 0 Å². The van der Waals surface area contributed by atoms with Crippen molar-refractivity contribution in [2.75, 3.05) is 26.2 Å². The largest absolute Gasteiger partial charge is 0.356 e. The Morgan fingerprint density at radius 2 is 1.86 bits per heavy atom. The molecule has 4 heteroatoms. The molecule has 2 rings (SSSR count). The molecular weight excluding hydrogens is 296 g/mol. The van der Waals surface area contributed by atoms with Crippen LogP contribution in [0, 0.1) is 0 Å². The first-order valence-electron chi connectivity index (χ1n) is 8.48. The van der Waals surface area contributed by atoms with Crippen LogP contribution < -0.4 is 5.32 Å². The first kappa shape index (κ1) is 17.3. The van der Waals surface area contributed by atoms with E-state index in [0.29, 0.717) is 12.8 Å². The van der Waals surface area contributed by atoms with E-state index in [9.17, 15) is 4.79 Å². The molecule has 1 aliphatic rings. The Labute approximate surface area is 139 Å². The van der Waals surface area contributed by atoms with E-state index in [-0.39, 0.29) is 5.91 Å². The monoisotopic (exact) mass is 322 g/mol. The van der Waals surface area contributed by atoms with Crippen LogP contribution in [0.5, 0.6) is 0 Å². The molecule has 1 aromatic rings. The van der Waals surface area contributed by atoms with Gasteiger partial charge in [0.25, 0.3) is 0 Å². The molecule has 22 heavy (non-hydrogen) atoms. The summed E-state index contributed by atoms with van der Waals surface area (Å²) in [5.74, 6) is 0.121. The van der Waals surface area contributed by atoms with Gasteiger partial charge in [0.1, 0.15) is 0 Å². The summed E-state index contributed by atoms with van der Waals surface area (Å²) in [4.78, 5) is 14.4. The second-order valence-electron chi connectivity index (χ2n) is 6.05. The lowest BCUT2D eigenvalue weighted by Crippen LogP contribution is -2.30. The molecule has 0 saturated carbocycles. The fourth-order valence-electron chi connectivity index (χ4n) is 2.93. The Balaban J connectivity index is 1.57. The van der Waals surface area contributed by atoms with Crippen LogP contribution in [0.15, 0.2) is 24.3 Å². The number of carbonyl (C=O) groups is 1. The van der Waals surface area contributed by atoms with Gasteiger partial charge in [-0.05, 0) is 56.9 Å². The van der Waals surface area contributed by atoms with Gasteiger partial charge in [0.15, 0.2) is 0 Å². The van der Waals surface area contributed by atoms with Gasteiger partial charge in [0.05, 0.1) is 0 Å². The number of halogens is 1. The van der Waals surface area contributed by atoms with Crippen molar-refractivity contribution in [3.05, 3.63) is 34.9 Å². The van der Waals surface area contributed by atoms with Gasteiger partial charge in [-0.15, -0.1) is 0 Å². The first-order chi connectivity index (χ1) is 10.8. The average Bonchev–Trinajstić information content (AvgIpc) is 2.79. The predicted octanol–water partition coefficient (Wildman–Crippen LogP) is 3.65. The van der Waals surface area contributed by atoms with Crippen molar-refractivity contribution in [2.24, 2.45) is 0 Å². The van der Waals surface area contributed by atoms with Crippen LogP contribution in [0.3, 0.4) is 0 Å². The maximum absolute atomic E-state index is 11.9. The average molecular weight is 323 g/mol. The van der Waals surface area contributed by atoms with Crippen molar-refractivity contribution in [3.63, 3.8) is 0 Å². The Bertz CT molecular complexity index is 456. The van der Waals surface area contributed by atoms with E-state index >= 15 is 0 Å². The van der Waals surface area contributed by atoms with Gasteiger partial charge < -0.3 is 10.2 Å². The number of hydrogen-bond acceptors (Lipinski definition) is 2. The first-order valence-corrected chi connectivity index (χ1v) is 8.86. The molecule has 0 atom stereocenters. The standard InChI is InChI=1S/C18H27ClN2O/c19-17-9-4-3-8-16(17)10-11-18(22)20-12-7-15-21-13-5-1-2-6-14-21/h3-4,8-9H,1-2,5-7,10-15H2,(H,20,22). The van der Waals surface area contributed by atoms with E-state index in [0.717, 1.165) is 30.1 Å². The predicted molar refractivity (Wildman–Crippen MR) is 92.3 cm³/mol. The van der Waals surface area contributed by atoms with Crippen molar-refractivity contribution >= 4 is 17.5 Å². The molecule has 3 nitrogen and oxygen atoms in total. The van der Waals surface area contributed by atoms with Crippen molar-refractivity contribution in [1.82, 2.24) is 10.2 Å². The SMILES string of the molecule is O=C(CCc1ccccc1Cl)NCCCN1CCCCCC1. The van der Waals surface area contributed by atoms with Crippen LogP contribution in [0.25, 0.3) is 0 Å². The number of nitrogens with one attached hydrogen (secondary N) is 1. The third-order valence-electron chi connectivity index (χ3n) is 4.25. The van der Waals surface area contributed by atoms with Gasteiger partial charge in [-0.1, -0.05) is 42.6 Å². The van der Waals surface area contributed by atoms with E-state index in [2.05, 4.69) is 10.2 Å². The highest BCUT2D eigenvalue weighted by molar-refractivity contribution is 6.31. The molecule has 1 saturated heterocycles. The highest BCUT2D eigenvalue weighted by Crippen LogP contribution is 2.16. The van der Waals surface area contributed by atoms with Crippen molar-refractivity contribution in [2.45, 2.75) is 44.9 Å². The third kappa shape index (κ3) is 6.37. The third-order valence-corrected chi connectivity index (χ3v) is 4.62. The summed E-state index contributed by atoms with van der Waals surface area (Å²) in [6, 6.07) is 7.72. The molecule has 0 aromatic heterocycles. The van der Waals surface area contributed by atoms with E-state index in [1.165, 1.54) is 38.8 Å². The summed E-state index contributed by atoms with van der Waals surface area (Å²) in [7, 11) is 0. The molecule has 1 aromatic carbocycles. The molecule has 0 unspecified atom stereocenters. The Morgan fingerprint density at radius 1 is 1.14 bits per heavy atom. The number of benzene rings is 1. The summed E-state index contributed by atoms with van der Waals surface area (Å²) < 4.78 is 0. The van der Waals surface area contributed by atoms with Gasteiger partial charge in [-0.3, -0.25) is 4.79 Å². The minimum atomic E-state index is 0.121. The number of hydrogen-bond donors (Lipinski definition) is 1. The van der Waals surface area contributed by atoms with Gasteiger partial charge in [-0.25, -0.2) is 0 Å². The number of likely N-dealkylation sites (tertiary alicyclic amines) is 1. The zero-order chi connectivity index (χ0) is 15.6. The van der Waals surface area contributed by atoms with E-state index < -0.39 is 0 Å². The van der Waals surface area contributed by atoms with Crippen molar-refractivity contribution < 1.29 is 4.79 Å². The molecule has 122 valence electrons. The maximum atomic E-state index is 11.9. The molecule has 1 aliphatic heterocycles. The zero-order valence-corrected chi connectivity index (χ0v) is 14.1. The van der Waals surface area contributed by atoms with Gasteiger partial charge in [0, 0.05) is 18.0 Å². The Morgan fingerprint density at radius 3 is 2.59 bits per heavy atom. The molecular formula is C18H27ClN2O. The maximum Gasteiger partial charge on any atom is 0.220 e. The summed E-state index contributed by atoms with van der Waals surface area (Å²) in [6.45, 7) is 4.32. The fourth-order valence-corrected chi connectivity index (χ4v) is 3.16. The molecule has 1 amide bonds. The number of nitrogens with zero attached hydrogens (tertiary/aromatic N) is 1. The van der Waals surface area contributed by atoms with Gasteiger partial charge in [0.2, 0.25) is 5.91 Å². The van der Waals surface area contributed by atoms with Crippen LogP contribution in [0.2, 0.25) is 5.02 Å². The Hall–Kier alpha value is -1.06. The minimum Gasteiger partial charge on any atom is -0.356 e. The van der Waals surface area contributed by atoms with Gasteiger partial charge in [-0.2, -0.15) is 0 Å². The van der Waals surface area contributed by atoms with Crippen molar-refractivity contribution in [3.8, 4) is 0 Å². The van der Waals surface area contributed by atoms with Gasteiger partial charge >= 0.3 is 0 Å². The summed E-state index contributed by atoms with van der Waals surface area (Å²) in [5.41, 5.74) is 1.05. The van der Waals surface area contributed by atoms with Crippen LogP contribution in [-0.2, 0) is 11.2 Å². The van der Waals surface area contributed by atoms with E-state index in [1.807, 2.05) is 24.3 Å². The zero-order valence-electron chi connectivity index (χ0n) is 13.3. The number of carbonyl (C=O) groups excluding carboxylic acids is 1. The van der Waals surface area contributed by atoms with Crippen LogP contribution in [-0.4, -0.2) is 37.0 Å². The number of aryl methyl sites for hydroxylation is 1. The number of amides is 1. The molecule has 1 fully saturated rings. The topological polar surface area (TPSA) is 32.3 Å². The molecule has 1 heterocycles. The van der Waals surface area contributed by atoms with E-state index in [1.54, 1.807) is 0 Å². The normalized spacial score (nSPS) is 16.2. The van der Waals surface area contributed by atoms with Crippen LogP contribution in [0.1, 0.15) is 44.1 Å². The lowest BCUT2D eigenvalue weighted by Gasteiger charge is -2.19. The number of rotatable bonds is 7. The summed E-state index contributed by atoms with van der Waals surface area (Å²) in [5, 5.41) is 3.77. The smallest absolute Gasteiger partial charge is 0.220 e. The Kier molecular flexibility index (Phi) is 7.75. The van der Waals surface area contributed by atoms with Crippen LogP contribution in [0.4, 0.5) is 0 Å². The molecule has 0 bridgehead atoms. The minimum absolute atomic E-state index is 0.121. The van der Waals surface area contributed by atoms with Crippen LogP contribution >= 0.6 is 11.6 Å². The molecule has 0 aliphatic carbocycles. The second-order valence-corrected chi connectivity index (χ2v) is 6.46. The highest BCUT2D eigenvalue weighted by atomic mass is 35.5. The fraction of sp³-hybridized carbons (Fsp3) is 0.611. The molecule has 0 spiro atoms. The van der Waals surface area contributed by atoms with E-state index in [4.69, 9.17) is 11.6 Å². The summed E-state index contributed by atoms with van der Waals surface area (Å²) >= 11 is 6.10. The molecule has 1 N–H and O–H groups in total. The second kappa shape index (κ2) is 9.86.